The van der Waals surface area contributed by atoms with Crippen molar-refractivity contribution in [1.29, 1.82) is 0 Å². The zero-order chi connectivity index (χ0) is 18.7. The number of anilines is 1. The van der Waals surface area contributed by atoms with Crippen molar-refractivity contribution in [3.05, 3.63) is 41.7 Å². The van der Waals surface area contributed by atoms with Crippen LogP contribution in [0.1, 0.15) is 29.9 Å². The van der Waals surface area contributed by atoms with Gasteiger partial charge in [0, 0.05) is 25.8 Å². The molecule has 0 unspecified atom stereocenters. The number of amides is 1. The van der Waals surface area contributed by atoms with Crippen LogP contribution < -0.4 is 4.90 Å². The number of aryl methyl sites for hydroxylation is 2. The van der Waals surface area contributed by atoms with Gasteiger partial charge in [-0.1, -0.05) is 30.4 Å². The van der Waals surface area contributed by atoms with Crippen molar-refractivity contribution < 1.29 is 4.79 Å². The van der Waals surface area contributed by atoms with E-state index >= 15 is 0 Å². The molecule has 0 bridgehead atoms. The molecule has 0 N–H and O–H groups in total. The predicted octanol–water partition coefficient (Wildman–Crippen LogP) is 3.28. The highest BCUT2D eigenvalue weighted by Gasteiger charge is 2.23. The predicted molar refractivity (Wildman–Crippen MR) is 107 cm³/mol. The Morgan fingerprint density at radius 1 is 1.19 bits per heavy atom. The fourth-order valence-corrected chi connectivity index (χ4v) is 3.81. The molecular formula is C19H25N5OS. The van der Waals surface area contributed by atoms with Gasteiger partial charge in [0.15, 0.2) is 10.8 Å². The molecule has 2 heterocycles. The van der Waals surface area contributed by atoms with Gasteiger partial charge in [0.05, 0.1) is 10.2 Å². The number of hydrogen-bond donors (Lipinski definition) is 0. The number of benzene rings is 1. The van der Waals surface area contributed by atoms with Gasteiger partial charge < -0.3 is 4.90 Å². The Balaban J connectivity index is 1.99. The number of rotatable bonds is 7. The summed E-state index contributed by atoms with van der Waals surface area (Å²) in [6.45, 7) is 6.21. The Labute approximate surface area is 158 Å². The first-order valence-electron chi connectivity index (χ1n) is 8.92. The van der Waals surface area contributed by atoms with Gasteiger partial charge in [-0.2, -0.15) is 5.10 Å². The van der Waals surface area contributed by atoms with Gasteiger partial charge in [0.2, 0.25) is 0 Å². The summed E-state index contributed by atoms with van der Waals surface area (Å²) in [5, 5.41) is 5.11. The molecular weight excluding hydrogens is 346 g/mol. The van der Waals surface area contributed by atoms with Crippen molar-refractivity contribution in [3.63, 3.8) is 0 Å². The SMILES string of the molecule is CCc1cccc2sc(N(CCN(C)C)C(=O)c3ccn(CC)n3)nc12. The molecule has 0 aliphatic heterocycles. The van der Waals surface area contributed by atoms with Gasteiger partial charge >= 0.3 is 0 Å². The maximum absolute atomic E-state index is 13.1. The van der Waals surface area contributed by atoms with Gasteiger partial charge in [-0.15, -0.1) is 0 Å². The highest BCUT2D eigenvalue weighted by molar-refractivity contribution is 7.22. The van der Waals surface area contributed by atoms with E-state index in [1.807, 2.05) is 27.2 Å². The number of likely N-dealkylation sites (N-methyl/N-ethyl adjacent to an activating group) is 1. The van der Waals surface area contributed by atoms with Crippen LogP contribution >= 0.6 is 11.3 Å². The van der Waals surface area contributed by atoms with Crippen molar-refractivity contribution in [2.75, 3.05) is 32.1 Å². The maximum atomic E-state index is 13.1. The largest absolute Gasteiger partial charge is 0.308 e. The maximum Gasteiger partial charge on any atom is 0.280 e. The molecule has 138 valence electrons. The molecule has 3 rings (SSSR count). The normalized spacial score (nSPS) is 11.4. The van der Waals surface area contributed by atoms with E-state index in [0.717, 1.165) is 34.9 Å². The van der Waals surface area contributed by atoms with E-state index in [2.05, 4.69) is 35.1 Å². The molecule has 1 amide bonds. The van der Waals surface area contributed by atoms with Crippen LogP contribution in [-0.2, 0) is 13.0 Å². The van der Waals surface area contributed by atoms with E-state index < -0.39 is 0 Å². The standard InChI is InChI=1S/C19H25N5OS/c1-5-14-8-7-9-16-17(14)20-19(26-16)24(13-12-22(3)4)18(25)15-10-11-23(6-2)21-15/h7-11H,5-6,12-13H2,1-4H3. The summed E-state index contributed by atoms with van der Waals surface area (Å²) in [5.74, 6) is -0.101. The van der Waals surface area contributed by atoms with E-state index in [9.17, 15) is 4.79 Å². The number of carbonyl (C=O) groups is 1. The van der Waals surface area contributed by atoms with Crippen LogP contribution in [0.5, 0.6) is 0 Å². The monoisotopic (exact) mass is 371 g/mol. The smallest absolute Gasteiger partial charge is 0.280 e. The first-order chi connectivity index (χ1) is 12.5. The van der Waals surface area contributed by atoms with Crippen molar-refractivity contribution in [2.45, 2.75) is 26.8 Å². The fraction of sp³-hybridized carbons (Fsp3) is 0.421. The molecule has 3 aromatic rings. The highest BCUT2D eigenvalue weighted by Crippen LogP contribution is 2.31. The topological polar surface area (TPSA) is 54.3 Å². The third-order valence-corrected chi connectivity index (χ3v) is 5.35. The van der Waals surface area contributed by atoms with Gasteiger partial charge in [-0.3, -0.25) is 14.4 Å². The van der Waals surface area contributed by atoms with Crippen molar-refractivity contribution in [1.82, 2.24) is 19.7 Å². The lowest BCUT2D eigenvalue weighted by Crippen LogP contribution is -2.37. The van der Waals surface area contributed by atoms with E-state index in [1.54, 1.807) is 27.0 Å². The quantitative estimate of drug-likeness (QED) is 0.640. The van der Waals surface area contributed by atoms with Gasteiger partial charge in [-0.05, 0) is 45.1 Å². The molecule has 0 fully saturated rings. The molecule has 0 aliphatic rings. The van der Waals surface area contributed by atoms with Crippen LogP contribution in [-0.4, -0.2) is 52.8 Å². The summed E-state index contributed by atoms with van der Waals surface area (Å²) >= 11 is 1.56. The average Bonchev–Trinajstić information content (AvgIpc) is 3.27. The number of thiazole rings is 1. The number of carbonyl (C=O) groups excluding carboxylic acids is 1. The Morgan fingerprint density at radius 2 is 2.00 bits per heavy atom. The van der Waals surface area contributed by atoms with E-state index in [0.29, 0.717) is 12.2 Å². The Kier molecular flexibility index (Phi) is 5.68. The second kappa shape index (κ2) is 7.97. The number of hydrogen-bond acceptors (Lipinski definition) is 5. The zero-order valence-corrected chi connectivity index (χ0v) is 16.6. The number of para-hydroxylation sites is 1. The van der Waals surface area contributed by atoms with Gasteiger partial charge in [0.25, 0.3) is 5.91 Å². The van der Waals surface area contributed by atoms with Crippen LogP contribution in [0.3, 0.4) is 0 Å². The lowest BCUT2D eigenvalue weighted by atomic mass is 10.1. The number of fused-ring (bicyclic) bond motifs is 1. The van der Waals surface area contributed by atoms with Crippen LogP contribution in [0.4, 0.5) is 5.13 Å². The zero-order valence-electron chi connectivity index (χ0n) is 15.8. The Morgan fingerprint density at radius 3 is 2.65 bits per heavy atom. The van der Waals surface area contributed by atoms with Crippen LogP contribution in [0.25, 0.3) is 10.2 Å². The average molecular weight is 372 g/mol. The number of nitrogens with zero attached hydrogens (tertiary/aromatic N) is 5. The summed E-state index contributed by atoms with van der Waals surface area (Å²) in [4.78, 5) is 21.7. The first-order valence-corrected chi connectivity index (χ1v) is 9.73. The summed E-state index contributed by atoms with van der Waals surface area (Å²) in [5.41, 5.74) is 2.66. The lowest BCUT2D eigenvalue weighted by Gasteiger charge is -2.21. The van der Waals surface area contributed by atoms with Crippen molar-refractivity contribution in [3.8, 4) is 0 Å². The molecule has 0 atom stereocenters. The summed E-state index contributed by atoms with van der Waals surface area (Å²) in [7, 11) is 4.00. The summed E-state index contributed by atoms with van der Waals surface area (Å²) < 4.78 is 2.88. The molecule has 0 saturated carbocycles. The van der Waals surface area contributed by atoms with E-state index in [-0.39, 0.29) is 5.91 Å². The highest BCUT2D eigenvalue weighted by atomic mass is 32.1. The minimum absolute atomic E-state index is 0.101. The lowest BCUT2D eigenvalue weighted by molar-refractivity contribution is 0.0979. The molecule has 2 aromatic heterocycles. The molecule has 7 heteroatoms. The third kappa shape index (κ3) is 3.78. The molecule has 6 nitrogen and oxygen atoms in total. The minimum Gasteiger partial charge on any atom is -0.308 e. The van der Waals surface area contributed by atoms with E-state index in [4.69, 9.17) is 4.98 Å². The summed E-state index contributed by atoms with van der Waals surface area (Å²) in [6.07, 6.45) is 2.76. The van der Waals surface area contributed by atoms with Crippen LogP contribution in [0.15, 0.2) is 30.5 Å². The fourth-order valence-electron chi connectivity index (χ4n) is 2.77. The molecule has 0 aliphatic carbocycles. The second-order valence-electron chi connectivity index (χ2n) is 6.43. The second-order valence-corrected chi connectivity index (χ2v) is 7.44. The Bertz CT molecular complexity index is 898. The molecule has 26 heavy (non-hydrogen) atoms. The van der Waals surface area contributed by atoms with Gasteiger partial charge in [0.1, 0.15) is 0 Å². The first kappa shape index (κ1) is 18.5. The third-order valence-electron chi connectivity index (χ3n) is 4.30. The molecule has 0 saturated heterocycles. The van der Waals surface area contributed by atoms with Crippen LogP contribution in [0.2, 0.25) is 0 Å². The molecule has 1 aromatic carbocycles. The Hall–Kier alpha value is -2.25. The summed E-state index contributed by atoms with van der Waals surface area (Å²) in [6, 6.07) is 7.99. The minimum atomic E-state index is -0.101. The number of aromatic nitrogens is 3. The molecule has 0 radical (unpaired) electrons. The van der Waals surface area contributed by atoms with Crippen LogP contribution in [0, 0.1) is 0 Å². The van der Waals surface area contributed by atoms with E-state index in [1.165, 1.54) is 5.56 Å². The molecule has 0 spiro atoms. The van der Waals surface area contributed by atoms with Gasteiger partial charge in [-0.25, -0.2) is 4.98 Å². The van der Waals surface area contributed by atoms with Crippen molar-refractivity contribution >= 4 is 32.6 Å². The van der Waals surface area contributed by atoms with Crippen molar-refractivity contribution in [2.24, 2.45) is 0 Å².